The highest BCUT2D eigenvalue weighted by Crippen LogP contribution is 2.28. The summed E-state index contributed by atoms with van der Waals surface area (Å²) < 4.78 is 11.1. The van der Waals surface area contributed by atoms with E-state index in [0.717, 1.165) is 31.6 Å². The summed E-state index contributed by atoms with van der Waals surface area (Å²) in [5, 5.41) is 0. The number of aromatic nitrogens is 3. The Morgan fingerprint density at radius 2 is 1.93 bits per heavy atom. The molecule has 4 rings (SSSR count). The van der Waals surface area contributed by atoms with Crippen LogP contribution in [0.25, 0.3) is 0 Å². The summed E-state index contributed by atoms with van der Waals surface area (Å²) in [4.78, 5) is 29.5. The fraction of sp³-hybridized carbons (Fsp3) is 0.500. The number of morpholine rings is 1. The van der Waals surface area contributed by atoms with E-state index in [-0.39, 0.29) is 5.91 Å². The van der Waals surface area contributed by atoms with Gasteiger partial charge in [0.05, 0.1) is 37.8 Å². The van der Waals surface area contributed by atoms with E-state index in [2.05, 4.69) is 19.9 Å². The van der Waals surface area contributed by atoms with Gasteiger partial charge in [0.15, 0.2) is 0 Å². The molecule has 0 N–H and O–H groups in total. The Labute approximate surface area is 164 Å². The second-order valence-electron chi connectivity index (χ2n) is 7.12. The third-order valence-corrected chi connectivity index (χ3v) is 5.22. The molecule has 0 aliphatic carbocycles. The van der Waals surface area contributed by atoms with Gasteiger partial charge in [-0.15, -0.1) is 0 Å². The van der Waals surface area contributed by atoms with Crippen LogP contribution in [0.5, 0.6) is 11.6 Å². The van der Waals surface area contributed by atoms with E-state index in [0.29, 0.717) is 50.4 Å². The molecule has 0 saturated carbocycles. The van der Waals surface area contributed by atoms with Crippen LogP contribution in [-0.4, -0.2) is 76.6 Å². The van der Waals surface area contributed by atoms with Crippen molar-refractivity contribution in [3.05, 3.63) is 42.6 Å². The number of ether oxygens (including phenoxy) is 2. The monoisotopic (exact) mass is 383 g/mol. The number of piperidine rings is 1. The Morgan fingerprint density at radius 1 is 1.11 bits per heavy atom. The molecule has 0 radical (unpaired) electrons. The number of amides is 1. The average Bonchev–Trinajstić information content (AvgIpc) is 2.76. The molecule has 0 spiro atoms. The highest BCUT2D eigenvalue weighted by Gasteiger charge is 2.25. The summed E-state index contributed by atoms with van der Waals surface area (Å²) in [6.07, 6.45) is 8.70. The average molecular weight is 383 g/mol. The molecule has 0 unspecified atom stereocenters. The van der Waals surface area contributed by atoms with Crippen molar-refractivity contribution in [2.24, 2.45) is 0 Å². The van der Waals surface area contributed by atoms with Crippen LogP contribution in [0.2, 0.25) is 0 Å². The minimum Gasteiger partial charge on any atom is -0.436 e. The summed E-state index contributed by atoms with van der Waals surface area (Å²) in [5.41, 5.74) is 0.945. The van der Waals surface area contributed by atoms with E-state index in [9.17, 15) is 4.79 Å². The third-order valence-electron chi connectivity index (χ3n) is 5.22. The summed E-state index contributed by atoms with van der Waals surface area (Å²) in [5.74, 6) is 1.66. The van der Waals surface area contributed by atoms with Gasteiger partial charge in [0, 0.05) is 31.4 Å². The van der Waals surface area contributed by atoms with E-state index in [4.69, 9.17) is 9.47 Å². The Hall–Kier alpha value is -2.58. The Bertz CT molecular complexity index is 774. The molecule has 0 aromatic carbocycles. The Kier molecular flexibility index (Phi) is 6.08. The van der Waals surface area contributed by atoms with E-state index in [1.165, 1.54) is 0 Å². The molecule has 4 heterocycles. The summed E-state index contributed by atoms with van der Waals surface area (Å²) in [7, 11) is 0. The van der Waals surface area contributed by atoms with E-state index in [1.54, 1.807) is 18.6 Å². The first-order valence-electron chi connectivity index (χ1n) is 9.75. The zero-order chi connectivity index (χ0) is 19.2. The molecule has 2 fully saturated rings. The molecule has 8 nitrogen and oxygen atoms in total. The van der Waals surface area contributed by atoms with Crippen LogP contribution in [0.4, 0.5) is 0 Å². The Balaban J connectivity index is 1.30. The zero-order valence-corrected chi connectivity index (χ0v) is 15.9. The molecular formula is C20H25N5O3. The maximum absolute atomic E-state index is 12.4. The van der Waals surface area contributed by atoms with E-state index < -0.39 is 0 Å². The van der Waals surface area contributed by atoms with Crippen molar-refractivity contribution in [2.45, 2.75) is 18.8 Å². The maximum Gasteiger partial charge on any atom is 0.238 e. The van der Waals surface area contributed by atoms with Crippen LogP contribution in [0, 0.1) is 0 Å². The van der Waals surface area contributed by atoms with Crippen molar-refractivity contribution in [1.29, 1.82) is 0 Å². The van der Waals surface area contributed by atoms with Crippen molar-refractivity contribution >= 4 is 5.91 Å². The molecule has 2 aromatic heterocycles. The second kappa shape index (κ2) is 9.07. The molecule has 28 heavy (non-hydrogen) atoms. The van der Waals surface area contributed by atoms with Gasteiger partial charge in [0.1, 0.15) is 5.75 Å². The van der Waals surface area contributed by atoms with Crippen LogP contribution >= 0.6 is 0 Å². The SMILES string of the molecule is O=C(CN1CCC(c2cncc(Oc3cccnc3)n2)CC1)N1CCOCC1. The molecule has 0 atom stereocenters. The fourth-order valence-electron chi connectivity index (χ4n) is 3.63. The third kappa shape index (κ3) is 4.82. The van der Waals surface area contributed by atoms with Crippen LogP contribution in [0.3, 0.4) is 0 Å². The number of pyridine rings is 1. The lowest BCUT2D eigenvalue weighted by Gasteiger charge is -2.33. The number of hydrogen-bond acceptors (Lipinski definition) is 7. The van der Waals surface area contributed by atoms with Crippen molar-refractivity contribution < 1.29 is 14.3 Å². The lowest BCUT2D eigenvalue weighted by atomic mass is 9.94. The number of hydrogen-bond donors (Lipinski definition) is 0. The van der Waals surface area contributed by atoms with Gasteiger partial charge in [0.2, 0.25) is 11.8 Å². The van der Waals surface area contributed by atoms with Gasteiger partial charge in [-0.2, -0.15) is 0 Å². The highest BCUT2D eigenvalue weighted by atomic mass is 16.5. The van der Waals surface area contributed by atoms with Gasteiger partial charge in [0.25, 0.3) is 0 Å². The maximum atomic E-state index is 12.4. The molecule has 2 aliphatic heterocycles. The first-order valence-corrected chi connectivity index (χ1v) is 9.75. The highest BCUT2D eigenvalue weighted by molar-refractivity contribution is 5.78. The largest absolute Gasteiger partial charge is 0.436 e. The van der Waals surface area contributed by atoms with Crippen LogP contribution in [0.15, 0.2) is 36.9 Å². The molecule has 8 heteroatoms. The molecule has 1 amide bonds. The summed E-state index contributed by atoms with van der Waals surface area (Å²) in [6.45, 7) is 4.95. The molecule has 2 saturated heterocycles. The molecule has 2 aliphatic rings. The van der Waals surface area contributed by atoms with Gasteiger partial charge in [-0.1, -0.05) is 0 Å². The topological polar surface area (TPSA) is 80.7 Å². The van der Waals surface area contributed by atoms with E-state index in [1.807, 2.05) is 23.2 Å². The van der Waals surface area contributed by atoms with Gasteiger partial charge in [-0.05, 0) is 38.1 Å². The predicted molar refractivity (Wildman–Crippen MR) is 102 cm³/mol. The molecule has 148 valence electrons. The van der Waals surface area contributed by atoms with Crippen molar-refractivity contribution in [3.8, 4) is 11.6 Å². The van der Waals surface area contributed by atoms with Gasteiger partial charge in [-0.25, -0.2) is 4.98 Å². The van der Waals surface area contributed by atoms with Gasteiger partial charge < -0.3 is 14.4 Å². The quantitative estimate of drug-likeness (QED) is 0.777. The number of rotatable bonds is 5. The first kappa shape index (κ1) is 18.8. The number of carbonyl (C=O) groups is 1. The van der Waals surface area contributed by atoms with Crippen molar-refractivity contribution in [1.82, 2.24) is 24.8 Å². The number of likely N-dealkylation sites (tertiary alicyclic amines) is 1. The fourth-order valence-corrected chi connectivity index (χ4v) is 3.63. The summed E-state index contributed by atoms with van der Waals surface area (Å²) in [6, 6.07) is 3.66. The first-order chi connectivity index (χ1) is 13.8. The van der Waals surface area contributed by atoms with E-state index >= 15 is 0 Å². The minimum absolute atomic E-state index is 0.202. The second-order valence-corrected chi connectivity index (χ2v) is 7.12. The Morgan fingerprint density at radius 3 is 2.68 bits per heavy atom. The van der Waals surface area contributed by atoms with Crippen molar-refractivity contribution in [2.75, 3.05) is 45.9 Å². The standard InChI is InChI=1S/C20H25N5O3/c26-20(25-8-10-27-11-9-25)15-24-6-3-16(4-7-24)18-13-22-14-19(23-18)28-17-2-1-5-21-12-17/h1-2,5,12-14,16H,3-4,6-11,15H2. The molecule has 0 bridgehead atoms. The predicted octanol–water partition coefficient (Wildman–Crippen LogP) is 1.70. The summed E-state index contributed by atoms with van der Waals surface area (Å²) >= 11 is 0. The molecular weight excluding hydrogens is 358 g/mol. The minimum atomic E-state index is 0.202. The lowest BCUT2D eigenvalue weighted by Crippen LogP contribution is -2.47. The molecule has 2 aromatic rings. The van der Waals surface area contributed by atoms with Crippen LogP contribution in [-0.2, 0) is 9.53 Å². The van der Waals surface area contributed by atoms with Crippen molar-refractivity contribution in [3.63, 3.8) is 0 Å². The number of carbonyl (C=O) groups excluding carboxylic acids is 1. The lowest BCUT2D eigenvalue weighted by molar-refractivity contribution is -0.136. The van der Waals surface area contributed by atoms with Gasteiger partial charge >= 0.3 is 0 Å². The normalized spacial score (nSPS) is 18.8. The number of nitrogens with zero attached hydrogens (tertiary/aromatic N) is 5. The smallest absolute Gasteiger partial charge is 0.238 e. The van der Waals surface area contributed by atoms with Crippen LogP contribution < -0.4 is 4.74 Å². The van der Waals surface area contributed by atoms with Crippen LogP contribution in [0.1, 0.15) is 24.5 Å². The zero-order valence-electron chi connectivity index (χ0n) is 15.9. The van der Waals surface area contributed by atoms with Gasteiger partial charge in [-0.3, -0.25) is 19.7 Å².